The number of amides is 1. The number of nitrogens with zero attached hydrogens (tertiary/aromatic N) is 1. The van der Waals surface area contributed by atoms with E-state index in [4.69, 9.17) is 17.0 Å². The van der Waals surface area contributed by atoms with E-state index < -0.39 is 0 Å². The zero-order valence-corrected chi connectivity index (χ0v) is 17.3. The third-order valence-corrected chi connectivity index (χ3v) is 5.88. The number of benzene rings is 3. The summed E-state index contributed by atoms with van der Waals surface area (Å²) in [4.78, 5) is 15.2. The predicted octanol–water partition coefficient (Wildman–Crippen LogP) is 5.67. The molecule has 1 aliphatic rings. The number of para-hydroxylation sites is 1. The summed E-state index contributed by atoms with van der Waals surface area (Å²) in [7, 11) is 0. The van der Waals surface area contributed by atoms with Crippen molar-refractivity contribution in [3.63, 3.8) is 0 Å². The fourth-order valence-corrected chi connectivity index (χ4v) is 4.26. The number of ether oxygens (including phenoxy) is 1. The lowest BCUT2D eigenvalue weighted by atomic mass is 10.1. The Morgan fingerprint density at radius 3 is 2.21 bits per heavy atom. The Bertz CT molecular complexity index is 1050. The van der Waals surface area contributed by atoms with Crippen molar-refractivity contribution < 1.29 is 9.53 Å². The van der Waals surface area contributed by atoms with Crippen LogP contribution in [-0.4, -0.2) is 15.1 Å². The molecule has 5 heteroatoms. The van der Waals surface area contributed by atoms with E-state index in [1.54, 1.807) is 4.90 Å². The van der Waals surface area contributed by atoms with Crippen molar-refractivity contribution >= 4 is 40.3 Å². The van der Waals surface area contributed by atoms with Gasteiger partial charge in [0.1, 0.15) is 16.7 Å². The van der Waals surface area contributed by atoms with Crippen molar-refractivity contribution in [2.24, 2.45) is 0 Å². The first kappa shape index (κ1) is 19.4. The molecule has 144 valence electrons. The van der Waals surface area contributed by atoms with E-state index in [-0.39, 0.29) is 5.91 Å². The molecule has 0 spiro atoms. The van der Waals surface area contributed by atoms with Crippen LogP contribution in [0.5, 0.6) is 5.75 Å². The molecular weight excluding hydrogens is 398 g/mol. The smallest absolute Gasteiger partial charge is 0.266 e. The molecule has 0 unspecified atom stereocenters. The molecule has 0 atom stereocenters. The van der Waals surface area contributed by atoms with Gasteiger partial charge in [0.05, 0.1) is 11.4 Å². The fourth-order valence-electron chi connectivity index (χ4n) is 3.01. The van der Waals surface area contributed by atoms with Gasteiger partial charge in [-0.05, 0) is 23.3 Å². The zero-order chi connectivity index (χ0) is 20.1. The molecule has 1 aliphatic heterocycles. The van der Waals surface area contributed by atoms with Crippen molar-refractivity contribution in [3.05, 3.63) is 107 Å². The summed E-state index contributed by atoms with van der Waals surface area (Å²) >= 11 is 6.79. The predicted molar refractivity (Wildman–Crippen MR) is 122 cm³/mol. The van der Waals surface area contributed by atoms with Crippen molar-refractivity contribution in [2.75, 3.05) is 0 Å². The molecule has 0 radical (unpaired) electrons. The molecule has 1 amide bonds. The lowest BCUT2D eigenvalue weighted by Crippen LogP contribution is -2.27. The highest BCUT2D eigenvalue weighted by Gasteiger charge is 2.32. The molecule has 0 aliphatic carbocycles. The SMILES string of the molecule is O=C1/C(=C/c2ccccc2OCc2ccccc2)SC(=S)N1Cc1ccccc1. The van der Waals surface area contributed by atoms with Gasteiger partial charge in [-0.2, -0.15) is 0 Å². The maximum Gasteiger partial charge on any atom is 0.266 e. The molecule has 0 N–H and O–H groups in total. The third-order valence-electron chi connectivity index (χ3n) is 4.50. The van der Waals surface area contributed by atoms with E-state index in [1.165, 1.54) is 11.8 Å². The molecule has 29 heavy (non-hydrogen) atoms. The fraction of sp³-hybridized carbons (Fsp3) is 0.0833. The maximum absolute atomic E-state index is 12.9. The Labute approximate surface area is 180 Å². The molecule has 1 saturated heterocycles. The number of thioether (sulfide) groups is 1. The van der Waals surface area contributed by atoms with E-state index in [2.05, 4.69) is 0 Å². The molecular formula is C24H19NO2S2. The maximum atomic E-state index is 12.9. The van der Waals surface area contributed by atoms with Crippen molar-refractivity contribution in [2.45, 2.75) is 13.2 Å². The Morgan fingerprint density at radius 2 is 1.48 bits per heavy atom. The van der Waals surface area contributed by atoms with Gasteiger partial charge in [0.15, 0.2) is 0 Å². The minimum atomic E-state index is -0.0679. The van der Waals surface area contributed by atoms with E-state index in [0.717, 1.165) is 22.4 Å². The van der Waals surface area contributed by atoms with Gasteiger partial charge >= 0.3 is 0 Å². The molecule has 1 fully saturated rings. The van der Waals surface area contributed by atoms with Crippen molar-refractivity contribution in [3.8, 4) is 5.75 Å². The molecule has 0 saturated carbocycles. The summed E-state index contributed by atoms with van der Waals surface area (Å²) < 4.78 is 6.58. The standard InChI is InChI=1S/C24H19NO2S2/c26-23-22(29-24(28)25(23)16-18-9-3-1-4-10-18)15-20-13-7-8-14-21(20)27-17-19-11-5-2-6-12-19/h1-15H,16-17H2/b22-15-. The van der Waals surface area contributed by atoms with Gasteiger partial charge in [0.25, 0.3) is 5.91 Å². The minimum absolute atomic E-state index is 0.0679. The molecule has 0 aromatic heterocycles. The summed E-state index contributed by atoms with van der Waals surface area (Å²) in [6.45, 7) is 0.954. The van der Waals surface area contributed by atoms with Crippen LogP contribution >= 0.6 is 24.0 Å². The normalized spacial score (nSPS) is 15.2. The van der Waals surface area contributed by atoms with E-state index in [9.17, 15) is 4.79 Å². The average Bonchev–Trinajstić information content (AvgIpc) is 3.02. The quantitative estimate of drug-likeness (QED) is 0.382. The van der Waals surface area contributed by atoms with Crippen LogP contribution in [0.4, 0.5) is 0 Å². The zero-order valence-electron chi connectivity index (χ0n) is 15.7. The summed E-state index contributed by atoms with van der Waals surface area (Å²) in [6.07, 6.45) is 1.87. The van der Waals surface area contributed by atoms with Crippen LogP contribution in [0.3, 0.4) is 0 Å². The first-order valence-electron chi connectivity index (χ1n) is 9.26. The van der Waals surface area contributed by atoms with Gasteiger partial charge in [-0.15, -0.1) is 0 Å². The topological polar surface area (TPSA) is 29.5 Å². The number of carbonyl (C=O) groups excluding carboxylic acids is 1. The van der Waals surface area contributed by atoms with Crippen LogP contribution in [0.15, 0.2) is 89.8 Å². The van der Waals surface area contributed by atoms with Crippen molar-refractivity contribution in [1.29, 1.82) is 0 Å². The molecule has 3 nitrogen and oxygen atoms in total. The van der Waals surface area contributed by atoms with E-state index >= 15 is 0 Å². The first-order valence-corrected chi connectivity index (χ1v) is 10.5. The molecule has 4 rings (SSSR count). The highest BCUT2D eigenvalue weighted by atomic mass is 32.2. The second-order valence-electron chi connectivity index (χ2n) is 6.57. The Morgan fingerprint density at radius 1 is 0.862 bits per heavy atom. The first-order chi connectivity index (χ1) is 14.2. The van der Waals surface area contributed by atoms with Crippen LogP contribution in [0.2, 0.25) is 0 Å². The van der Waals surface area contributed by atoms with E-state index in [1.807, 2.05) is 91.0 Å². The van der Waals surface area contributed by atoms with Gasteiger partial charge in [-0.25, -0.2) is 0 Å². The average molecular weight is 418 g/mol. The number of thiocarbonyl (C=S) groups is 1. The summed E-state index contributed by atoms with van der Waals surface area (Å²) in [5, 5.41) is 0. The monoisotopic (exact) mass is 417 g/mol. The van der Waals surface area contributed by atoms with Gasteiger partial charge in [-0.1, -0.05) is 103 Å². The third kappa shape index (κ3) is 4.75. The second-order valence-corrected chi connectivity index (χ2v) is 8.24. The molecule has 1 heterocycles. The Hall–Kier alpha value is -2.89. The lowest BCUT2D eigenvalue weighted by molar-refractivity contribution is -0.122. The lowest BCUT2D eigenvalue weighted by Gasteiger charge is -2.14. The summed E-state index contributed by atoms with van der Waals surface area (Å²) in [5.41, 5.74) is 3.01. The Kier molecular flexibility index (Phi) is 6.08. The van der Waals surface area contributed by atoms with Crippen molar-refractivity contribution in [1.82, 2.24) is 4.90 Å². The van der Waals surface area contributed by atoms with E-state index in [0.29, 0.717) is 22.4 Å². The number of hydrogen-bond donors (Lipinski definition) is 0. The largest absolute Gasteiger partial charge is 0.488 e. The molecule has 3 aromatic rings. The summed E-state index contributed by atoms with van der Waals surface area (Å²) in [5.74, 6) is 0.673. The van der Waals surface area contributed by atoms with Gasteiger partial charge < -0.3 is 4.74 Å². The highest BCUT2D eigenvalue weighted by molar-refractivity contribution is 8.26. The van der Waals surface area contributed by atoms with Crippen LogP contribution in [0, 0.1) is 0 Å². The van der Waals surface area contributed by atoms with Crippen LogP contribution in [-0.2, 0) is 17.9 Å². The van der Waals surface area contributed by atoms with Gasteiger partial charge in [0.2, 0.25) is 0 Å². The minimum Gasteiger partial charge on any atom is -0.488 e. The van der Waals surface area contributed by atoms with Crippen LogP contribution < -0.4 is 4.74 Å². The van der Waals surface area contributed by atoms with Gasteiger partial charge in [-0.3, -0.25) is 9.69 Å². The van der Waals surface area contributed by atoms with Crippen LogP contribution in [0.25, 0.3) is 6.08 Å². The summed E-state index contributed by atoms with van der Waals surface area (Å²) in [6, 6.07) is 27.6. The highest BCUT2D eigenvalue weighted by Crippen LogP contribution is 2.35. The van der Waals surface area contributed by atoms with Crippen LogP contribution in [0.1, 0.15) is 16.7 Å². The molecule has 3 aromatic carbocycles. The van der Waals surface area contributed by atoms with Gasteiger partial charge in [0, 0.05) is 5.56 Å². The Balaban J connectivity index is 1.52. The second kappa shape index (κ2) is 9.07. The molecule has 0 bridgehead atoms. The number of rotatable bonds is 6. The number of carbonyl (C=O) groups is 1. The number of hydrogen-bond acceptors (Lipinski definition) is 4.